The predicted molar refractivity (Wildman–Crippen MR) is 127 cm³/mol. The fraction of sp³-hybridized carbons (Fsp3) is 0.462. The van der Waals surface area contributed by atoms with E-state index < -0.39 is 6.04 Å². The van der Waals surface area contributed by atoms with Crippen LogP contribution in [0.25, 0.3) is 0 Å². The van der Waals surface area contributed by atoms with Crippen molar-refractivity contribution < 1.29 is 9.59 Å². The van der Waals surface area contributed by atoms with Crippen molar-refractivity contribution in [2.45, 2.75) is 59.2 Å². The van der Waals surface area contributed by atoms with Crippen LogP contribution in [0.3, 0.4) is 0 Å². The quantitative estimate of drug-likeness (QED) is 0.671. The molecular weight excluding hydrogens is 386 g/mol. The Kier molecular flexibility index (Phi) is 8.40. The van der Waals surface area contributed by atoms with Crippen LogP contribution in [-0.4, -0.2) is 36.9 Å². The molecule has 2 aromatic rings. The molecule has 0 unspecified atom stereocenters. The number of rotatable bonds is 8. The van der Waals surface area contributed by atoms with E-state index in [2.05, 4.69) is 42.4 Å². The zero-order chi connectivity index (χ0) is 23.2. The minimum absolute atomic E-state index is 0.0260. The summed E-state index contributed by atoms with van der Waals surface area (Å²) in [6, 6.07) is 15.1. The lowest BCUT2D eigenvalue weighted by Crippen LogP contribution is -2.49. The van der Waals surface area contributed by atoms with E-state index in [1.165, 1.54) is 11.1 Å². The van der Waals surface area contributed by atoms with E-state index in [-0.39, 0.29) is 23.1 Å². The summed E-state index contributed by atoms with van der Waals surface area (Å²) in [4.78, 5) is 27.8. The van der Waals surface area contributed by atoms with Crippen LogP contribution in [0, 0.1) is 5.92 Å². The van der Waals surface area contributed by atoms with Crippen molar-refractivity contribution in [3.63, 3.8) is 0 Å². The van der Waals surface area contributed by atoms with Gasteiger partial charge in [-0.25, -0.2) is 0 Å². The van der Waals surface area contributed by atoms with Gasteiger partial charge in [0.2, 0.25) is 5.91 Å². The van der Waals surface area contributed by atoms with Gasteiger partial charge in [-0.2, -0.15) is 0 Å². The summed E-state index contributed by atoms with van der Waals surface area (Å²) in [5, 5.41) is 5.92. The monoisotopic (exact) mass is 423 g/mol. The van der Waals surface area contributed by atoms with Gasteiger partial charge in [-0.3, -0.25) is 9.59 Å². The summed E-state index contributed by atoms with van der Waals surface area (Å²) in [6.07, 6.45) is 0. The third-order valence-corrected chi connectivity index (χ3v) is 5.31. The maximum absolute atomic E-state index is 12.9. The van der Waals surface area contributed by atoms with Crippen molar-refractivity contribution >= 4 is 11.8 Å². The van der Waals surface area contributed by atoms with Gasteiger partial charge >= 0.3 is 0 Å². The van der Waals surface area contributed by atoms with Gasteiger partial charge in [0.15, 0.2) is 0 Å². The first kappa shape index (κ1) is 24.6. The highest BCUT2D eigenvalue weighted by Gasteiger charge is 2.25. The second-order valence-corrected chi connectivity index (χ2v) is 9.75. The lowest BCUT2D eigenvalue weighted by atomic mass is 9.86. The average Bonchev–Trinajstić information content (AvgIpc) is 2.69. The molecule has 1 atom stereocenters. The molecule has 2 aromatic carbocycles. The number of hydrogen-bond donors (Lipinski definition) is 2. The Morgan fingerprint density at radius 2 is 1.52 bits per heavy atom. The number of carbonyl (C=O) groups is 2. The second-order valence-electron chi connectivity index (χ2n) is 9.75. The van der Waals surface area contributed by atoms with E-state index in [4.69, 9.17) is 0 Å². The van der Waals surface area contributed by atoms with E-state index >= 15 is 0 Å². The first-order valence-electron chi connectivity index (χ1n) is 10.9. The van der Waals surface area contributed by atoms with Crippen LogP contribution in [0.4, 0.5) is 0 Å². The van der Waals surface area contributed by atoms with E-state index in [0.717, 1.165) is 12.1 Å². The molecule has 5 heteroatoms. The van der Waals surface area contributed by atoms with Crippen molar-refractivity contribution in [1.82, 2.24) is 15.5 Å². The van der Waals surface area contributed by atoms with Gasteiger partial charge in [-0.15, -0.1) is 0 Å². The summed E-state index contributed by atoms with van der Waals surface area (Å²) in [5.41, 5.74) is 4.01. The fourth-order valence-electron chi connectivity index (χ4n) is 3.40. The molecule has 0 saturated heterocycles. The zero-order valence-corrected chi connectivity index (χ0v) is 20.0. The smallest absolute Gasteiger partial charge is 0.251 e. The molecule has 2 N–H and O–H groups in total. The van der Waals surface area contributed by atoms with Gasteiger partial charge in [-0.1, -0.05) is 71.0 Å². The van der Waals surface area contributed by atoms with E-state index in [0.29, 0.717) is 12.1 Å². The third-order valence-electron chi connectivity index (χ3n) is 5.31. The summed E-state index contributed by atoms with van der Waals surface area (Å²) in [6.45, 7) is 11.5. The minimum atomic E-state index is -0.601. The van der Waals surface area contributed by atoms with Gasteiger partial charge in [0.1, 0.15) is 6.04 Å². The van der Waals surface area contributed by atoms with E-state index in [1.807, 2.05) is 70.4 Å². The molecule has 31 heavy (non-hydrogen) atoms. The molecular formula is C26H37N3O2. The Balaban J connectivity index is 2.05. The molecule has 0 aliphatic heterocycles. The highest BCUT2D eigenvalue weighted by atomic mass is 16.2. The number of carbonyl (C=O) groups excluding carboxylic acids is 2. The van der Waals surface area contributed by atoms with Gasteiger partial charge in [0.25, 0.3) is 5.91 Å². The van der Waals surface area contributed by atoms with Crippen LogP contribution < -0.4 is 10.6 Å². The Morgan fingerprint density at radius 3 is 2.03 bits per heavy atom. The molecule has 0 aliphatic carbocycles. The highest BCUT2D eigenvalue weighted by molar-refractivity contribution is 5.97. The normalized spacial score (nSPS) is 12.7. The number of nitrogens with one attached hydrogen (secondary N) is 2. The number of benzene rings is 2. The first-order valence-corrected chi connectivity index (χ1v) is 10.9. The highest BCUT2D eigenvalue weighted by Crippen LogP contribution is 2.22. The lowest BCUT2D eigenvalue weighted by molar-refractivity contribution is -0.124. The number of hydrogen-bond acceptors (Lipinski definition) is 3. The maximum Gasteiger partial charge on any atom is 0.251 e. The molecule has 0 bridgehead atoms. The molecule has 0 radical (unpaired) electrons. The second kappa shape index (κ2) is 10.6. The average molecular weight is 424 g/mol. The molecule has 0 spiro atoms. The van der Waals surface area contributed by atoms with Gasteiger partial charge < -0.3 is 15.5 Å². The largest absolute Gasteiger partial charge is 0.350 e. The molecule has 0 saturated carbocycles. The van der Waals surface area contributed by atoms with Crippen LogP contribution in [0.2, 0.25) is 0 Å². The fourth-order valence-corrected chi connectivity index (χ4v) is 3.40. The standard InChI is InChI=1S/C26H37N3O2/c1-18(2)23(28-24(30)19-12-14-22(15-13-19)26(3,4)5)25(31)27-16-20-10-8-9-11-21(20)17-29(6)7/h8-15,18,23H,16-17H2,1-7H3,(H,27,31)(H,28,30)/t23-/m0/s1. The molecule has 168 valence electrons. The van der Waals surface area contributed by atoms with Crippen molar-refractivity contribution in [2.24, 2.45) is 5.92 Å². The lowest BCUT2D eigenvalue weighted by Gasteiger charge is -2.23. The Morgan fingerprint density at radius 1 is 0.935 bits per heavy atom. The number of amides is 2. The summed E-state index contributed by atoms with van der Waals surface area (Å²) in [5.74, 6) is -0.438. The van der Waals surface area contributed by atoms with Crippen molar-refractivity contribution in [1.29, 1.82) is 0 Å². The first-order chi connectivity index (χ1) is 14.5. The van der Waals surface area contributed by atoms with Crippen LogP contribution in [0.1, 0.15) is 61.7 Å². The molecule has 2 rings (SSSR count). The van der Waals surface area contributed by atoms with Gasteiger partial charge in [0, 0.05) is 18.7 Å². The van der Waals surface area contributed by atoms with E-state index in [9.17, 15) is 9.59 Å². The number of nitrogens with zero attached hydrogens (tertiary/aromatic N) is 1. The van der Waals surface area contributed by atoms with Crippen LogP contribution >= 0.6 is 0 Å². The van der Waals surface area contributed by atoms with E-state index in [1.54, 1.807) is 0 Å². The molecule has 0 aliphatic rings. The van der Waals surface area contributed by atoms with Crippen LogP contribution in [0.5, 0.6) is 0 Å². The summed E-state index contributed by atoms with van der Waals surface area (Å²) >= 11 is 0. The topological polar surface area (TPSA) is 61.4 Å². The molecule has 0 fully saturated rings. The predicted octanol–water partition coefficient (Wildman–Crippen LogP) is 4.12. The molecule has 0 aromatic heterocycles. The van der Waals surface area contributed by atoms with Crippen molar-refractivity contribution in [3.05, 3.63) is 70.8 Å². The van der Waals surface area contributed by atoms with Crippen LogP contribution in [-0.2, 0) is 23.3 Å². The molecule has 0 heterocycles. The Bertz CT molecular complexity index is 880. The Hall–Kier alpha value is -2.66. The van der Waals surface area contributed by atoms with Gasteiger partial charge in [-0.05, 0) is 54.3 Å². The SMILES string of the molecule is CC(C)[C@H](NC(=O)c1ccc(C(C)(C)C)cc1)C(=O)NCc1ccccc1CN(C)C. The van der Waals surface area contributed by atoms with Crippen molar-refractivity contribution in [3.8, 4) is 0 Å². The third kappa shape index (κ3) is 7.21. The molecule has 5 nitrogen and oxygen atoms in total. The van der Waals surface area contributed by atoms with Gasteiger partial charge in [0.05, 0.1) is 0 Å². The maximum atomic E-state index is 12.9. The molecule has 2 amide bonds. The Labute approximate surface area is 187 Å². The van der Waals surface area contributed by atoms with Crippen LogP contribution in [0.15, 0.2) is 48.5 Å². The minimum Gasteiger partial charge on any atom is -0.350 e. The summed E-state index contributed by atoms with van der Waals surface area (Å²) < 4.78 is 0. The summed E-state index contributed by atoms with van der Waals surface area (Å²) in [7, 11) is 4.04. The van der Waals surface area contributed by atoms with Crippen molar-refractivity contribution in [2.75, 3.05) is 14.1 Å². The zero-order valence-electron chi connectivity index (χ0n) is 20.0.